The fourth-order valence-corrected chi connectivity index (χ4v) is 4.51. The van der Waals surface area contributed by atoms with E-state index in [-0.39, 0.29) is 5.56 Å². The highest BCUT2D eigenvalue weighted by atomic mass is 16.1. The van der Waals surface area contributed by atoms with Crippen LogP contribution in [0.15, 0.2) is 53.6 Å². The van der Waals surface area contributed by atoms with Gasteiger partial charge in [-0.1, -0.05) is 24.3 Å². The van der Waals surface area contributed by atoms with Gasteiger partial charge in [0.2, 0.25) is 0 Å². The topological polar surface area (TPSA) is 65.1 Å². The maximum absolute atomic E-state index is 12.4. The van der Waals surface area contributed by atoms with Crippen LogP contribution in [0, 0.1) is 0 Å². The van der Waals surface area contributed by atoms with Crippen LogP contribution in [0.1, 0.15) is 28.8 Å². The zero-order valence-corrected chi connectivity index (χ0v) is 17.2. The second-order valence-corrected chi connectivity index (χ2v) is 8.31. The summed E-state index contributed by atoms with van der Waals surface area (Å²) < 4.78 is 0. The summed E-state index contributed by atoms with van der Waals surface area (Å²) in [6.07, 6.45) is 6.57. The highest BCUT2D eigenvalue weighted by Crippen LogP contribution is 2.22. The predicted molar refractivity (Wildman–Crippen MR) is 117 cm³/mol. The molecule has 0 radical (unpaired) electrons. The predicted octanol–water partition coefficient (Wildman–Crippen LogP) is 2.64. The van der Waals surface area contributed by atoms with Crippen LogP contribution >= 0.6 is 0 Å². The summed E-state index contributed by atoms with van der Waals surface area (Å²) in [4.78, 5) is 29.3. The first-order valence-corrected chi connectivity index (χ1v) is 10.8. The fourth-order valence-electron chi connectivity index (χ4n) is 4.51. The number of nitrogens with zero attached hydrogens (tertiary/aromatic N) is 4. The van der Waals surface area contributed by atoms with Gasteiger partial charge in [-0.25, -0.2) is 4.98 Å². The van der Waals surface area contributed by atoms with E-state index in [1.165, 1.54) is 11.1 Å². The molecular formula is C24H27N5O. The monoisotopic (exact) mass is 401 g/mol. The molecule has 0 unspecified atom stereocenters. The lowest BCUT2D eigenvalue weighted by atomic mass is 10.1. The average Bonchev–Trinajstić information content (AvgIpc) is 3.26. The molecule has 1 N–H and O–H groups in total. The van der Waals surface area contributed by atoms with Crippen molar-refractivity contribution in [3.05, 3.63) is 81.5 Å². The molecule has 0 spiro atoms. The molecule has 0 saturated carbocycles. The van der Waals surface area contributed by atoms with Crippen LogP contribution in [0.4, 0.5) is 0 Å². The van der Waals surface area contributed by atoms with Gasteiger partial charge in [0.15, 0.2) is 0 Å². The van der Waals surface area contributed by atoms with Gasteiger partial charge >= 0.3 is 0 Å². The first-order valence-electron chi connectivity index (χ1n) is 10.8. The van der Waals surface area contributed by atoms with Crippen molar-refractivity contribution in [3.63, 3.8) is 0 Å². The molecule has 6 nitrogen and oxygen atoms in total. The normalized spacial score (nSPS) is 17.2. The lowest BCUT2D eigenvalue weighted by Gasteiger charge is -2.34. The summed E-state index contributed by atoms with van der Waals surface area (Å²) in [5, 5.41) is 0. The Morgan fingerprint density at radius 3 is 2.47 bits per heavy atom. The Morgan fingerprint density at radius 2 is 1.70 bits per heavy atom. The molecule has 0 bridgehead atoms. The van der Waals surface area contributed by atoms with Crippen molar-refractivity contribution >= 4 is 0 Å². The number of H-pyrrole nitrogens is 1. The van der Waals surface area contributed by atoms with E-state index in [0.717, 1.165) is 75.4 Å². The second-order valence-electron chi connectivity index (χ2n) is 8.31. The van der Waals surface area contributed by atoms with Crippen LogP contribution in [0.3, 0.4) is 0 Å². The molecule has 1 fully saturated rings. The standard InChI is InChI=1S/C24H27N5O/c30-24-21-7-2-8-22(21)26-23(27-24)20-6-1-4-18(14-20)16-28-10-12-29(13-11-28)17-19-5-3-9-25-15-19/h1,3-6,9,14-15H,2,7-8,10-13,16-17H2,(H,26,27,30). The van der Waals surface area contributed by atoms with Gasteiger partial charge in [-0.3, -0.25) is 19.6 Å². The average molecular weight is 402 g/mol. The summed E-state index contributed by atoms with van der Waals surface area (Å²) >= 11 is 0. The first-order chi connectivity index (χ1) is 14.7. The molecule has 1 aliphatic carbocycles. The summed E-state index contributed by atoms with van der Waals surface area (Å²) in [5.41, 5.74) is 5.41. The van der Waals surface area contributed by atoms with Crippen molar-refractivity contribution in [2.45, 2.75) is 32.4 Å². The smallest absolute Gasteiger partial charge is 0.254 e. The third-order valence-electron chi connectivity index (χ3n) is 6.14. The van der Waals surface area contributed by atoms with E-state index in [0.29, 0.717) is 5.82 Å². The highest BCUT2D eigenvalue weighted by molar-refractivity contribution is 5.56. The van der Waals surface area contributed by atoms with E-state index in [4.69, 9.17) is 4.98 Å². The molecule has 0 amide bonds. The Bertz CT molecular complexity index is 1070. The van der Waals surface area contributed by atoms with E-state index in [9.17, 15) is 4.79 Å². The fraction of sp³-hybridized carbons (Fsp3) is 0.375. The molecule has 1 aliphatic heterocycles. The Morgan fingerprint density at radius 1 is 0.933 bits per heavy atom. The van der Waals surface area contributed by atoms with E-state index >= 15 is 0 Å². The molecule has 0 atom stereocenters. The highest BCUT2D eigenvalue weighted by Gasteiger charge is 2.19. The van der Waals surface area contributed by atoms with Crippen molar-refractivity contribution in [3.8, 4) is 11.4 Å². The molecule has 30 heavy (non-hydrogen) atoms. The van der Waals surface area contributed by atoms with Crippen molar-refractivity contribution in [2.75, 3.05) is 26.2 Å². The minimum Gasteiger partial charge on any atom is -0.306 e. The Kier molecular flexibility index (Phi) is 5.43. The van der Waals surface area contributed by atoms with Gasteiger partial charge in [0.1, 0.15) is 5.82 Å². The Balaban J connectivity index is 1.23. The quantitative estimate of drug-likeness (QED) is 0.712. The molecule has 5 rings (SSSR count). The number of piperazine rings is 1. The number of aryl methyl sites for hydroxylation is 1. The molecular weight excluding hydrogens is 374 g/mol. The van der Waals surface area contributed by atoms with Crippen molar-refractivity contribution in [1.82, 2.24) is 24.8 Å². The lowest BCUT2D eigenvalue weighted by molar-refractivity contribution is 0.122. The maximum Gasteiger partial charge on any atom is 0.254 e. The van der Waals surface area contributed by atoms with Gasteiger partial charge in [0, 0.05) is 62.8 Å². The molecule has 2 aromatic heterocycles. The van der Waals surface area contributed by atoms with Crippen LogP contribution in [0.25, 0.3) is 11.4 Å². The minimum absolute atomic E-state index is 0.0302. The number of nitrogens with one attached hydrogen (secondary N) is 1. The van der Waals surface area contributed by atoms with Gasteiger partial charge in [-0.15, -0.1) is 0 Å². The minimum atomic E-state index is 0.0302. The van der Waals surface area contributed by atoms with E-state index in [1.54, 1.807) is 0 Å². The van der Waals surface area contributed by atoms with Crippen LogP contribution in [0.5, 0.6) is 0 Å². The second kappa shape index (κ2) is 8.50. The first kappa shape index (κ1) is 19.2. The van der Waals surface area contributed by atoms with Gasteiger partial charge < -0.3 is 4.98 Å². The third-order valence-corrected chi connectivity index (χ3v) is 6.14. The van der Waals surface area contributed by atoms with Crippen LogP contribution in [-0.2, 0) is 25.9 Å². The number of hydrogen-bond donors (Lipinski definition) is 1. The van der Waals surface area contributed by atoms with Crippen molar-refractivity contribution < 1.29 is 0 Å². The van der Waals surface area contributed by atoms with Crippen molar-refractivity contribution in [2.24, 2.45) is 0 Å². The zero-order chi connectivity index (χ0) is 20.3. The number of pyridine rings is 1. The van der Waals surface area contributed by atoms with Crippen LogP contribution in [0.2, 0.25) is 0 Å². The molecule has 1 aromatic carbocycles. The molecule has 3 heterocycles. The van der Waals surface area contributed by atoms with Gasteiger partial charge in [0.25, 0.3) is 5.56 Å². The largest absolute Gasteiger partial charge is 0.306 e. The van der Waals surface area contributed by atoms with Crippen LogP contribution in [-0.4, -0.2) is 50.9 Å². The maximum atomic E-state index is 12.4. The SMILES string of the molecule is O=c1[nH]c(-c2cccc(CN3CCN(Cc4cccnc4)CC3)c2)nc2c1CCC2. The molecule has 2 aliphatic rings. The van der Waals surface area contributed by atoms with E-state index < -0.39 is 0 Å². The van der Waals surface area contributed by atoms with Gasteiger partial charge in [-0.05, 0) is 42.5 Å². The number of benzene rings is 1. The Labute approximate surface area is 176 Å². The summed E-state index contributed by atoms with van der Waals surface area (Å²) in [6.45, 7) is 6.12. The van der Waals surface area contributed by atoms with Crippen LogP contribution < -0.4 is 5.56 Å². The summed E-state index contributed by atoms with van der Waals surface area (Å²) in [7, 11) is 0. The molecule has 1 saturated heterocycles. The molecule has 3 aromatic rings. The van der Waals surface area contributed by atoms with Gasteiger partial charge in [-0.2, -0.15) is 0 Å². The number of hydrogen-bond acceptors (Lipinski definition) is 5. The van der Waals surface area contributed by atoms with E-state index in [2.05, 4.69) is 44.0 Å². The van der Waals surface area contributed by atoms with E-state index in [1.807, 2.05) is 24.5 Å². The number of aromatic nitrogens is 3. The van der Waals surface area contributed by atoms with Gasteiger partial charge in [0.05, 0.1) is 5.69 Å². The summed E-state index contributed by atoms with van der Waals surface area (Å²) in [6, 6.07) is 12.6. The molecule has 6 heteroatoms. The Hall–Kier alpha value is -2.83. The number of rotatable bonds is 5. The van der Waals surface area contributed by atoms with Crippen molar-refractivity contribution in [1.29, 1.82) is 0 Å². The zero-order valence-electron chi connectivity index (χ0n) is 17.2. The summed E-state index contributed by atoms with van der Waals surface area (Å²) in [5.74, 6) is 0.698. The lowest BCUT2D eigenvalue weighted by Crippen LogP contribution is -2.45. The number of fused-ring (bicyclic) bond motifs is 1. The number of aromatic amines is 1. The molecule has 154 valence electrons. The third kappa shape index (κ3) is 4.20.